The van der Waals surface area contributed by atoms with Gasteiger partial charge in [-0.05, 0) is 71.4 Å². The minimum atomic E-state index is -1.25. The SMILES string of the molecule is COc1cc(/C=C2/C(=O)NC(=S)N(c3ccc(Cl)cc3)C2=O)ccc1OCc1ccc(C(=O)[O-])cc1. The molecule has 8 nitrogen and oxygen atoms in total. The van der Waals surface area contributed by atoms with Crippen molar-refractivity contribution in [1.82, 2.24) is 5.32 Å². The molecule has 0 aromatic heterocycles. The van der Waals surface area contributed by atoms with Gasteiger partial charge in [-0.3, -0.25) is 19.8 Å². The van der Waals surface area contributed by atoms with Crippen molar-refractivity contribution in [3.8, 4) is 11.5 Å². The maximum Gasteiger partial charge on any atom is 0.270 e. The highest BCUT2D eigenvalue weighted by Gasteiger charge is 2.34. The van der Waals surface area contributed by atoms with Gasteiger partial charge in [-0.1, -0.05) is 41.9 Å². The number of methoxy groups -OCH3 is 1. The number of rotatable bonds is 7. The van der Waals surface area contributed by atoms with Crippen molar-refractivity contribution in [2.45, 2.75) is 6.61 Å². The van der Waals surface area contributed by atoms with Crippen molar-refractivity contribution in [2.24, 2.45) is 0 Å². The molecule has 1 saturated heterocycles. The number of benzene rings is 3. The number of anilines is 1. The summed E-state index contributed by atoms with van der Waals surface area (Å²) in [6.07, 6.45) is 1.44. The zero-order valence-corrected chi connectivity index (χ0v) is 20.4. The Hall–Kier alpha value is -4.21. The summed E-state index contributed by atoms with van der Waals surface area (Å²) in [5.74, 6) is -1.64. The van der Waals surface area contributed by atoms with E-state index in [4.69, 9.17) is 33.3 Å². The van der Waals surface area contributed by atoms with E-state index >= 15 is 0 Å². The number of carboxylic acid groups (broad SMARTS) is 1. The van der Waals surface area contributed by atoms with E-state index in [0.29, 0.717) is 27.8 Å². The van der Waals surface area contributed by atoms with Crippen LogP contribution in [0.15, 0.2) is 72.3 Å². The van der Waals surface area contributed by atoms with E-state index in [1.54, 1.807) is 54.6 Å². The third-order valence-corrected chi connectivity index (χ3v) is 5.81. The third kappa shape index (κ3) is 5.37. The minimum Gasteiger partial charge on any atom is -0.545 e. The second-order valence-electron chi connectivity index (χ2n) is 7.62. The molecule has 0 bridgehead atoms. The molecule has 182 valence electrons. The lowest BCUT2D eigenvalue weighted by Gasteiger charge is -2.29. The standard InChI is InChI=1S/C26H19ClN2O6S/c1-34-22-13-16(4-11-21(22)35-14-15-2-5-17(6-3-15)25(32)33)12-20-23(30)28-26(36)29(24(20)31)19-9-7-18(27)8-10-19/h2-13H,14H2,1H3,(H,32,33)(H,28,30,36)/p-1/b20-12-. The van der Waals surface area contributed by atoms with E-state index in [0.717, 1.165) is 5.56 Å². The first-order valence-electron chi connectivity index (χ1n) is 10.5. The molecule has 2 amide bonds. The highest BCUT2D eigenvalue weighted by molar-refractivity contribution is 7.80. The number of carbonyl (C=O) groups is 3. The molecule has 1 N–H and O–H groups in total. The van der Waals surface area contributed by atoms with E-state index < -0.39 is 17.8 Å². The molecule has 1 aliphatic heterocycles. The first-order chi connectivity index (χ1) is 17.3. The first-order valence-corrected chi connectivity index (χ1v) is 11.3. The van der Waals surface area contributed by atoms with E-state index in [1.807, 2.05) is 0 Å². The van der Waals surface area contributed by atoms with Gasteiger partial charge in [0, 0.05) is 5.02 Å². The van der Waals surface area contributed by atoms with Gasteiger partial charge in [0.2, 0.25) is 0 Å². The number of amides is 2. The van der Waals surface area contributed by atoms with E-state index in [-0.39, 0.29) is 22.9 Å². The second-order valence-corrected chi connectivity index (χ2v) is 8.44. The summed E-state index contributed by atoms with van der Waals surface area (Å²) in [5.41, 5.74) is 1.71. The van der Waals surface area contributed by atoms with Gasteiger partial charge in [-0.25, -0.2) is 0 Å². The molecule has 3 aromatic rings. The smallest absolute Gasteiger partial charge is 0.270 e. The van der Waals surface area contributed by atoms with Crippen LogP contribution in [0.25, 0.3) is 6.08 Å². The van der Waals surface area contributed by atoms with E-state index in [9.17, 15) is 19.5 Å². The zero-order valence-electron chi connectivity index (χ0n) is 18.8. The Kier molecular flexibility index (Phi) is 7.33. The minimum absolute atomic E-state index is 0.0292. The first kappa shape index (κ1) is 24.9. The van der Waals surface area contributed by atoms with Crippen LogP contribution >= 0.6 is 23.8 Å². The van der Waals surface area contributed by atoms with Crippen molar-refractivity contribution < 1.29 is 29.0 Å². The van der Waals surface area contributed by atoms with Crippen LogP contribution in [0.2, 0.25) is 5.02 Å². The van der Waals surface area contributed by atoms with Crippen LogP contribution in [0.4, 0.5) is 5.69 Å². The fourth-order valence-electron chi connectivity index (χ4n) is 3.44. The van der Waals surface area contributed by atoms with Crippen LogP contribution in [0.5, 0.6) is 11.5 Å². The number of ether oxygens (including phenoxy) is 2. The topological polar surface area (TPSA) is 108 Å². The Morgan fingerprint density at radius 1 is 1.06 bits per heavy atom. The van der Waals surface area contributed by atoms with Crippen LogP contribution in [0.3, 0.4) is 0 Å². The molecule has 3 aromatic carbocycles. The lowest BCUT2D eigenvalue weighted by molar-refractivity contribution is -0.255. The third-order valence-electron chi connectivity index (χ3n) is 5.27. The molecule has 0 saturated carbocycles. The van der Waals surface area contributed by atoms with Crippen LogP contribution in [0, 0.1) is 0 Å². The zero-order chi connectivity index (χ0) is 25.8. The average molecular weight is 522 g/mol. The van der Waals surface area contributed by atoms with Crippen molar-refractivity contribution >= 4 is 58.5 Å². The number of aromatic carboxylic acids is 1. The molecule has 36 heavy (non-hydrogen) atoms. The fourth-order valence-corrected chi connectivity index (χ4v) is 3.85. The molecule has 0 atom stereocenters. The van der Waals surface area contributed by atoms with Crippen LogP contribution in [0.1, 0.15) is 21.5 Å². The van der Waals surface area contributed by atoms with Crippen molar-refractivity contribution in [1.29, 1.82) is 0 Å². The maximum atomic E-state index is 13.2. The van der Waals surface area contributed by atoms with Crippen LogP contribution < -0.4 is 24.8 Å². The Bertz CT molecular complexity index is 1390. The van der Waals surface area contributed by atoms with Crippen molar-refractivity contribution in [2.75, 3.05) is 12.0 Å². The summed E-state index contributed by atoms with van der Waals surface area (Å²) >= 11 is 11.1. The van der Waals surface area contributed by atoms with Gasteiger partial charge in [0.25, 0.3) is 11.8 Å². The Morgan fingerprint density at radius 3 is 2.39 bits per heavy atom. The summed E-state index contributed by atoms with van der Waals surface area (Å²) in [6, 6.07) is 17.6. The Labute approximate surface area is 216 Å². The quantitative estimate of drug-likeness (QED) is 0.289. The predicted octanol–water partition coefficient (Wildman–Crippen LogP) is 3.12. The average Bonchev–Trinajstić information content (AvgIpc) is 2.86. The van der Waals surface area contributed by atoms with Gasteiger partial charge in [0.05, 0.1) is 18.8 Å². The normalized spacial score (nSPS) is 14.6. The predicted molar refractivity (Wildman–Crippen MR) is 136 cm³/mol. The number of thiocarbonyl (C=S) groups is 1. The fraction of sp³-hybridized carbons (Fsp3) is 0.0769. The molecule has 0 unspecified atom stereocenters. The molecule has 4 rings (SSSR count). The van der Waals surface area contributed by atoms with Gasteiger partial charge in [-0.2, -0.15) is 0 Å². The number of nitrogens with zero attached hydrogens (tertiary/aromatic N) is 1. The second kappa shape index (κ2) is 10.6. The van der Waals surface area contributed by atoms with Crippen molar-refractivity contribution in [3.05, 3.63) is 94.0 Å². The number of carboxylic acids is 1. The molecule has 1 aliphatic rings. The number of hydrogen-bond acceptors (Lipinski definition) is 7. The van der Waals surface area contributed by atoms with E-state index in [2.05, 4.69) is 5.32 Å². The van der Waals surface area contributed by atoms with Gasteiger partial charge in [0.1, 0.15) is 12.2 Å². The molecular formula is C26H18ClN2O6S-. The number of nitrogens with one attached hydrogen (secondary N) is 1. The van der Waals surface area contributed by atoms with Crippen LogP contribution in [-0.2, 0) is 16.2 Å². The van der Waals surface area contributed by atoms with Gasteiger partial charge in [0.15, 0.2) is 16.6 Å². The largest absolute Gasteiger partial charge is 0.545 e. The highest BCUT2D eigenvalue weighted by Crippen LogP contribution is 2.31. The maximum absolute atomic E-state index is 13.2. The Balaban J connectivity index is 1.55. The van der Waals surface area contributed by atoms with Crippen LogP contribution in [-0.4, -0.2) is 30.0 Å². The van der Waals surface area contributed by atoms with E-state index in [1.165, 1.54) is 30.2 Å². The van der Waals surface area contributed by atoms with Gasteiger partial charge in [-0.15, -0.1) is 0 Å². The highest BCUT2D eigenvalue weighted by atomic mass is 35.5. The summed E-state index contributed by atoms with van der Waals surface area (Å²) in [5, 5.41) is 13.9. The summed E-state index contributed by atoms with van der Waals surface area (Å²) in [6.45, 7) is 0.165. The molecule has 1 fully saturated rings. The number of carbonyl (C=O) groups excluding carboxylic acids is 3. The molecular weight excluding hydrogens is 504 g/mol. The molecule has 10 heteroatoms. The molecule has 0 radical (unpaired) electrons. The summed E-state index contributed by atoms with van der Waals surface area (Å²) in [7, 11) is 1.47. The molecule has 0 spiro atoms. The lowest BCUT2D eigenvalue weighted by atomic mass is 10.1. The number of halogens is 1. The Morgan fingerprint density at radius 2 is 1.75 bits per heavy atom. The summed E-state index contributed by atoms with van der Waals surface area (Å²) < 4.78 is 11.2. The lowest BCUT2D eigenvalue weighted by Crippen LogP contribution is -2.54. The van der Waals surface area contributed by atoms with Gasteiger partial charge < -0.3 is 19.4 Å². The summed E-state index contributed by atoms with van der Waals surface area (Å²) in [4.78, 5) is 37.8. The molecule has 1 heterocycles. The number of hydrogen-bond donors (Lipinski definition) is 1. The monoisotopic (exact) mass is 521 g/mol. The van der Waals surface area contributed by atoms with Gasteiger partial charge >= 0.3 is 0 Å². The molecule has 0 aliphatic carbocycles. The van der Waals surface area contributed by atoms with Crippen molar-refractivity contribution in [3.63, 3.8) is 0 Å².